The van der Waals surface area contributed by atoms with Crippen LogP contribution in [0.25, 0.3) is 0 Å². The Labute approximate surface area is 101 Å². The third kappa shape index (κ3) is 2.33. The number of hydrogen-bond donors (Lipinski definition) is 2. The molecule has 1 saturated heterocycles. The minimum absolute atomic E-state index is 0.0758. The normalized spacial score (nSPS) is 28.1. The largest absolute Gasteiger partial charge is 0.379 e. The second-order valence-electron chi connectivity index (χ2n) is 4.86. The predicted molar refractivity (Wildman–Crippen MR) is 66.7 cm³/mol. The highest BCUT2D eigenvalue weighted by atomic mass is 16.5. The topological polar surface area (TPSA) is 64.3 Å². The number of rotatable bonds is 2. The summed E-state index contributed by atoms with van der Waals surface area (Å²) in [5.41, 5.74) is 7.19. The van der Waals surface area contributed by atoms with Crippen LogP contribution >= 0.6 is 0 Å². The Morgan fingerprint density at radius 1 is 1.59 bits per heavy atom. The van der Waals surface area contributed by atoms with Crippen LogP contribution in [0, 0.1) is 12.3 Å². The second-order valence-corrected chi connectivity index (χ2v) is 4.86. The molecule has 1 fully saturated rings. The third-order valence-electron chi connectivity index (χ3n) is 3.31. The maximum atomic E-state index is 12.2. The van der Waals surface area contributed by atoms with Crippen LogP contribution in [0.1, 0.15) is 12.5 Å². The molecule has 0 bridgehead atoms. The van der Waals surface area contributed by atoms with Crippen molar-refractivity contribution in [3.05, 3.63) is 29.8 Å². The first-order valence-corrected chi connectivity index (χ1v) is 5.74. The monoisotopic (exact) mass is 234 g/mol. The van der Waals surface area contributed by atoms with Crippen molar-refractivity contribution >= 4 is 11.6 Å². The van der Waals surface area contributed by atoms with Crippen molar-refractivity contribution in [2.45, 2.75) is 19.9 Å². The Morgan fingerprint density at radius 3 is 2.94 bits per heavy atom. The number of carbonyl (C=O) groups is 1. The molecule has 4 nitrogen and oxygen atoms in total. The van der Waals surface area contributed by atoms with E-state index in [2.05, 4.69) is 5.32 Å². The van der Waals surface area contributed by atoms with E-state index in [-0.39, 0.29) is 11.9 Å². The molecular formula is C13H18N2O2. The zero-order valence-corrected chi connectivity index (χ0v) is 10.2. The molecule has 17 heavy (non-hydrogen) atoms. The Hall–Kier alpha value is -1.39. The lowest BCUT2D eigenvalue weighted by molar-refractivity contribution is -0.125. The lowest BCUT2D eigenvalue weighted by Crippen LogP contribution is -2.47. The first-order valence-electron chi connectivity index (χ1n) is 5.74. The average molecular weight is 234 g/mol. The number of anilines is 1. The maximum Gasteiger partial charge on any atom is 0.234 e. The van der Waals surface area contributed by atoms with Crippen molar-refractivity contribution in [1.29, 1.82) is 0 Å². The summed E-state index contributed by atoms with van der Waals surface area (Å²) in [6.45, 7) is 4.65. The number of benzene rings is 1. The Kier molecular flexibility index (Phi) is 3.17. The molecule has 2 atom stereocenters. The van der Waals surface area contributed by atoms with Crippen LogP contribution in [0.15, 0.2) is 24.3 Å². The van der Waals surface area contributed by atoms with Gasteiger partial charge in [0.2, 0.25) is 5.91 Å². The van der Waals surface area contributed by atoms with Crippen LogP contribution in [-0.4, -0.2) is 25.2 Å². The molecule has 0 aromatic heterocycles. The van der Waals surface area contributed by atoms with E-state index < -0.39 is 5.41 Å². The highest BCUT2D eigenvalue weighted by molar-refractivity contribution is 5.96. The molecule has 2 rings (SSSR count). The summed E-state index contributed by atoms with van der Waals surface area (Å²) >= 11 is 0. The number of ether oxygens (including phenoxy) is 1. The van der Waals surface area contributed by atoms with Crippen LogP contribution in [0.4, 0.5) is 5.69 Å². The predicted octanol–water partition coefficient (Wildman–Crippen LogP) is 1.30. The van der Waals surface area contributed by atoms with Crippen LogP contribution in [0.5, 0.6) is 0 Å². The number of amides is 1. The summed E-state index contributed by atoms with van der Waals surface area (Å²) in [5, 5.41) is 2.90. The molecule has 0 aliphatic carbocycles. The minimum Gasteiger partial charge on any atom is -0.379 e. The smallest absolute Gasteiger partial charge is 0.234 e. The van der Waals surface area contributed by atoms with E-state index in [9.17, 15) is 4.79 Å². The number of nitrogens with two attached hydrogens (primary N) is 1. The SMILES string of the molecule is Cc1cccc(NC(=O)C2(C)COCC2N)c1. The van der Waals surface area contributed by atoms with E-state index in [1.165, 1.54) is 0 Å². The molecule has 2 unspecified atom stereocenters. The average Bonchev–Trinajstić information content (AvgIpc) is 2.60. The molecule has 0 radical (unpaired) electrons. The third-order valence-corrected chi connectivity index (χ3v) is 3.31. The summed E-state index contributed by atoms with van der Waals surface area (Å²) in [6.07, 6.45) is 0. The highest BCUT2D eigenvalue weighted by Crippen LogP contribution is 2.28. The molecular weight excluding hydrogens is 216 g/mol. The van der Waals surface area contributed by atoms with Gasteiger partial charge in [-0.15, -0.1) is 0 Å². The molecule has 1 amide bonds. The van der Waals surface area contributed by atoms with Crippen LogP contribution in [0.3, 0.4) is 0 Å². The highest BCUT2D eigenvalue weighted by Gasteiger charge is 2.44. The molecule has 1 aliphatic rings. The molecule has 3 N–H and O–H groups in total. The summed E-state index contributed by atoms with van der Waals surface area (Å²) in [6, 6.07) is 7.46. The lowest BCUT2D eigenvalue weighted by Gasteiger charge is -2.25. The Balaban J connectivity index is 2.12. The van der Waals surface area contributed by atoms with Gasteiger partial charge in [-0.2, -0.15) is 0 Å². The Bertz CT molecular complexity index is 433. The van der Waals surface area contributed by atoms with Crippen LogP contribution in [-0.2, 0) is 9.53 Å². The van der Waals surface area contributed by atoms with Crippen LogP contribution in [0.2, 0.25) is 0 Å². The van der Waals surface area contributed by atoms with Crippen molar-refractivity contribution < 1.29 is 9.53 Å². The maximum absolute atomic E-state index is 12.2. The van der Waals surface area contributed by atoms with E-state index in [4.69, 9.17) is 10.5 Å². The van der Waals surface area contributed by atoms with E-state index in [0.29, 0.717) is 13.2 Å². The van der Waals surface area contributed by atoms with E-state index >= 15 is 0 Å². The molecule has 4 heteroatoms. The standard InChI is InChI=1S/C13H18N2O2/c1-9-4-3-5-10(6-9)15-12(16)13(2)8-17-7-11(13)14/h3-6,11H,7-8,14H2,1-2H3,(H,15,16). The van der Waals surface area contributed by atoms with Gasteiger partial charge >= 0.3 is 0 Å². The summed E-state index contributed by atoms with van der Waals surface area (Å²) in [4.78, 5) is 12.2. The first-order chi connectivity index (χ1) is 8.02. The van der Waals surface area contributed by atoms with Crippen molar-refractivity contribution in [3.8, 4) is 0 Å². The van der Waals surface area contributed by atoms with Gasteiger partial charge in [-0.25, -0.2) is 0 Å². The molecule has 0 spiro atoms. The number of nitrogens with one attached hydrogen (secondary N) is 1. The molecule has 1 aromatic carbocycles. The van der Waals surface area contributed by atoms with E-state index in [1.807, 2.05) is 38.1 Å². The van der Waals surface area contributed by atoms with Gasteiger partial charge in [0.25, 0.3) is 0 Å². The number of hydrogen-bond acceptors (Lipinski definition) is 3. The van der Waals surface area contributed by atoms with Gasteiger partial charge in [0.1, 0.15) is 0 Å². The summed E-state index contributed by atoms with van der Waals surface area (Å²) < 4.78 is 5.27. The molecule has 1 aliphatic heterocycles. The molecule has 0 saturated carbocycles. The van der Waals surface area contributed by atoms with Crippen molar-refractivity contribution in [3.63, 3.8) is 0 Å². The first kappa shape index (κ1) is 12.1. The van der Waals surface area contributed by atoms with Gasteiger partial charge in [-0.1, -0.05) is 12.1 Å². The summed E-state index contributed by atoms with van der Waals surface area (Å²) in [7, 11) is 0. The quantitative estimate of drug-likeness (QED) is 0.810. The van der Waals surface area contributed by atoms with Gasteiger partial charge in [0.15, 0.2) is 0 Å². The van der Waals surface area contributed by atoms with Crippen molar-refractivity contribution in [2.75, 3.05) is 18.5 Å². The fourth-order valence-corrected chi connectivity index (χ4v) is 1.92. The molecule has 92 valence electrons. The number of carbonyl (C=O) groups excluding carboxylic acids is 1. The second kappa shape index (κ2) is 4.47. The van der Waals surface area contributed by atoms with Gasteiger partial charge < -0.3 is 15.8 Å². The Morgan fingerprint density at radius 2 is 2.35 bits per heavy atom. The van der Waals surface area contributed by atoms with Gasteiger partial charge in [0.05, 0.1) is 18.6 Å². The van der Waals surface area contributed by atoms with E-state index in [0.717, 1.165) is 11.3 Å². The zero-order valence-electron chi connectivity index (χ0n) is 10.2. The minimum atomic E-state index is -0.635. The fraction of sp³-hybridized carbons (Fsp3) is 0.462. The lowest BCUT2D eigenvalue weighted by atomic mass is 9.85. The molecule has 1 heterocycles. The summed E-state index contributed by atoms with van der Waals surface area (Å²) in [5.74, 6) is -0.0758. The molecule has 1 aromatic rings. The number of aryl methyl sites for hydroxylation is 1. The van der Waals surface area contributed by atoms with Gasteiger partial charge in [-0.3, -0.25) is 4.79 Å². The van der Waals surface area contributed by atoms with Crippen molar-refractivity contribution in [1.82, 2.24) is 0 Å². The van der Waals surface area contributed by atoms with E-state index in [1.54, 1.807) is 0 Å². The van der Waals surface area contributed by atoms with Crippen LogP contribution < -0.4 is 11.1 Å². The van der Waals surface area contributed by atoms with Gasteiger partial charge in [-0.05, 0) is 31.5 Å². The fourth-order valence-electron chi connectivity index (χ4n) is 1.92. The van der Waals surface area contributed by atoms with Crippen molar-refractivity contribution in [2.24, 2.45) is 11.1 Å². The zero-order chi connectivity index (χ0) is 12.5. The van der Waals surface area contributed by atoms with Gasteiger partial charge in [0, 0.05) is 11.7 Å².